The Balaban J connectivity index is 1.83. The quantitative estimate of drug-likeness (QED) is 0.856. The van der Waals surface area contributed by atoms with Crippen molar-refractivity contribution in [3.63, 3.8) is 0 Å². The number of hydrogen-bond donors (Lipinski definition) is 1. The molecule has 1 fully saturated rings. The Morgan fingerprint density at radius 2 is 2.05 bits per heavy atom. The van der Waals surface area contributed by atoms with Gasteiger partial charge in [-0.3, -0.25) is 4.90 Å². The molecule has 1 atom stereocenters. The summed E-state index contributed by atoms with van der Waals surface area (Å²) in [6.07, 6.45) is 4.05. The normalized spacial score (nSPS) is 17.9. The predicted molar refractivity (Wildman–Crippen MR) is 87.4 cm³/mol. The van der Waals surface area contributed by atoms with Crippen LogP contribution in [0.15, 0.2) is 22.7 Å². The van der Waals surface area contributed by atoms with Gasteiger partial charge in [-0.2, -0.15) is 0 Å². The predicted octanol–water partition coefficient (Wildman–Crippen LogP) is 3.59. The van der Waals surface area contributed by atoms with E-state index in [-0.39, 0.29) is 0 Å². The third kappa shape index (κ3) is 4.47. The molecule has 1 heterocycles. The summed E-state index contributed by atoms with van der Waals surface area (Å²) in [5, 5.41) is 3.25. The van der Waals surface area contributed by atoms with Crippen LogP contribution in [-0.4, -0.2) is 38.2 Å². The summed E-state index contributed by atoms with van der Waals surface area (Å²) in [7, 11) is 1.97. The van der Waals surface area contributed by atoms with Gasteiger partial charge < -0.3 is 10.1 Å². The first kappa shape index (κ1) is 15.8. The monoisotopic (exact) mass is 340 g/mol. The summed E-state index contributed by atoms with van der Waals surface area (Å²) in [6, 6.07) is 6.68. The largest absolute Gasteiger partial charge is 0.491 e. The Bertz CT molecular complexity index is 419. The van der Waals surface area contributed by atoms with Crippen LogP contribution in [0.5, 0.6) is 5.75 Å². The highest BCUT2D eigenvalue weighted by Crippen LogP contribution is 2.28. The number of piperidine rings is 1. The molecule has 0 aromatic heterocycles. The van der Waals surface area contributed by atoms with Gasteiger partial charge in [0.15, 0.2) is 0 Å². The molecule has 1 saturated heterocycles. The van der Waals surface area contributed by atoms with Crippen LogP contribution < -0.4 is 10.1 Å². The molecule has 20 heavy (non-hydrogen) atoms. The van der Waals surface area contributed by atoms with Crippen LogP contribution in [0.3, 0.4) is 0 Å². The Morgan fingerprint density at radius 1 is 1.30 bits per heavy atom. The lowest BCUT2D eigenvalue weighted by Crippen LogP contribution is -2.33. The van der Waals surface area contributed by atoms with Crippen molar-refractivity contribution in [2.75, 3.05) is 33.3 Å². The fourth-order valence-corrected chi connectivity index (χ4v) is 3.05. The minimum absolute atomic E-state index is 0.355. The number of nitrogens with one attached hydrogen (secondary N) is 1. The Kier molecular flexibility index (Phi) is 6.33. The number of hydrogen-bond acceptors (Lipinski definition) is 3. The lowest BCUT2D eigenvalue weighted by atomic mass is 10.1. The Hall–Kier alpha value is -0.580. The van der Waals surface area contributed by atoms with Crippen molar-refractivity contribution in [1.29, 1.82) is 0 Å². The van der Waals surface area contributed by atoms with Gasteiger partial charge in [-0.05, 0) is 73.5 Å². The van der Waals surface area contributed by atoms with E-state index < -0.39 is 0 Å². The second kappa shape index (κ2) is 8.01. The molecule has 4 heteroatoms. The van der Waals surface area contributed by atoms with Crippen molar-refractivity contribution in [3.05, 3.63) is 28.2 Å². The van der Waals surface area contributed by atoms with Gasteiger partial charge in [0.1, 0.15) is 12.4 Å². The van der Waals surface area contributed by atoms with Gasteiger partial charge in [0, 0.05) is 12.6 Å². The molecule has 2 rings (SSSR count). The minimum atomic E-state index is 0.355. The molecule has 1 aliphatic heterocycles. The summed E-state index contributed by atoms with van der Waals surface area (Å²) in [5.41, 5.74) is 1.27. The van der Waals surface area contributed by atoms with Crippen LogP contribution in [0.1, 0.15) is 37.8 Å². The van der Waals surface area contributed by atoms with Crippen LogP contribution in [0, 0.1) is 0 Å². The Morgan fingerprint density at radius 3 is 2.70 bits per heavy atom. The van der Waals surface area contributed by atoms with E-state index in [0.29, 0.717) is 6.04 Å². The van der Waals surface area contributed by atoms with Crippen LogP contribution in [-0.2, 0) is 0 Å². The standard InChI is InChI=1S/C16H25BrN2O/c1-13(18-2)14-6-7-16(15(17)12-14)20-11-10-19-8-4-3-5-9-19/h6-7,12-13,18H,3-5,8-11H2,1-2H3. The molecule has 0 radical (unpaired) electrons. The second-order valence-electron chi connectivity index (χ2n) is 5.45. The highest BCUT2D eigenvalue weighted by atomic mass is 79.9. The zero-order chi connectivity index (χ0) is 14.4. The van der Waals surface area contributed by atoms with Crippen LogP contribution in [0.2, 0.25) is 0 Å². The number of nitrogens with zero attached hydrogens (tertiary/aromatic N) is 1. The van der Waals surface area contributed by atoms with Gasteiger partial charge in [-0.25, -0.2) is 0 Å². The molecule has 1 N–H and O–H groups in total. The lowest BCUT2D eigenvalue weighted by Gasteiger charge is -2.26. The lowest BCUT2D eigenvalue weighted by molar-refractivity contribution is 0.183. The van der Waals surface area contributed by atoms with Crippen molar-refractivity contribution in [2.45, 2.75) is 32.2 Å². The van der Waals surface area contributed by atoms with Gasteiger partial charge in [0.05, 0.1) is 4.47 Å². The van der Waals surface area contributed by atoms with Gasteiger partial charge in [-0.1, -0.05) is 12.5 Å². The molecule has 0 spiro atoms. The van der Waals surface area contributed by atoms with E-state index in [1.807, 2.05) is 7.05 Å². The Labute approximate surface area is 130 Å². The molecule has 0 saturated carbocycles. The number of benzene rings is 1. The molecular formula is C16H25BrN2O. The fraction of sp³-hybridized carbons (Fsp3) is 0.625. The van der Waals surface area contributed by atoms with E-state index in [9.17, 15) is 0 Å². The first-order valence-corrected chi connectivity index (χ1v) is 8.32. The average molecular weight is 341 g/mol. The van der Waals surface area contributed by atoms with Crippen molar-refractivity contribution in [2.24, 2.45) is 0 Å². The number of ether oxygens (including phenoxy) is 1. The fourth-order valence-electron chi connectivity index (χ4n) is 2.54. The molecule has 1 unspecified atom stereocenters. The zero-order valence-electron chi connectivity index (χ0n) is 12.5. The van der Waals surface area contributed by atoms with Gasteiger partial charge in [0.2, 0.25) is 0 Å². The van der Waals surface area contributed by atoms with Gasteiger partial charge >= 0.3 is 0 Å². The molecule has 1 aromatic rings. The first-order chi connectivity index (χ1) is 9.70. The topological polar surface area (TPSA) is 24.5 Å². The van der Waals surface area contributed by atoms with Crippen molar-refractivity contribution in [1.82, 2.24) is 10.2 Å². The molecule has 1 aliphatic rings. The highest BCUT2D eigenvalue weighted by Gasteiger charge is 2.11. The molecule has 0 bridgehead atoms. The van der Waals surface area contributed by atoms with E-state index in [1.54, 1.807) is 0 Å². The van der Waals surface area contributed by atoms with Crippen LogP contribution >= 0.6 is 15.9 Å². The first-order valence-electron chi connectivity index (χ1n) is 7.52. The second-order valence-corrected chi connectivity index (χ2v) is 6.31. The van der Waals surface area contributed by atoms with Crippen LogP contribution in [0.4, 0.5) is 0 Å². The van der Waals surface area contributed by atoms with E-state index in [1.165, 1.54) is 37.9 Å². The maximum atomic E-state index is 5.90. The summed E-state index contributed by atoms with van der Waals surface area (Å²) in [4.78, 5) is 2.49. The summed E-state index contributed by atoms with van der Waals surface area (Å²) in [6.45, 7) is 6.39. The maximum absolute atomic E-state index is 5.90. The van der Waals surface area contributed by atoms with Crippen molar-refractivity contribution >= 4 is 15.9 Å². The number of rotatable bonds is 6. The summed E-state index contributed by atoms with van der Waals surface area (Å²) >= 11 is 3.60. The molecule has 3 nitrogen and oxygen atoms in total. The smallest absolute Gasteiger partial charge is 0.133 e. The van der Waals surface area contributed by atoms with Gasteiger partial charge in [-0.15, -0.1) is 0 Å². The van der Waals surface area contributed by atoms with Crippen molar-refractivity contribution in [3.8, 4) is 5.75 Å². The van der Waals surface area contributed by atoms with E-state index >= 15 is 0 Å². The minimum Gasteiger partial charge on any atom is -0.491 e. The molecule has 1 aromatic carbocycles. The van der Waals surface area contributed by atoms with E-state index in [0.717, 1.165) is 23.4 Å². The maximum Gasteiger partial charge on any atom is 0.133 e. The number of likely N-dealkylation sites (tertiary alicyclic amines) is 1. The number of halogens is 1. The summed E-state index contributed by atoms with van der Waals surface area (Å²) in [5.74, 6) is 0.939. The molecule has 112 valence electrons. The van der Waals surface area contributed by atoms with E-state index in [4.69, 9.17) is 4.74 Å². The molecule has 0 amide bonds. The average Bonchev–Trinajstić information content (AvgIpc) is 2.49. The van der Waals surface area contributed by atoms with Crippen LogP contribution in [0.25, 0.3) is 0 Å². The molecule has 0 aliphatic carbocycles. The van der Waals surface area contributed by atoms with E-state index in [2.05, 4.69) is 51.3 Å². The van der Waals surface area contributed by atoms with Crippen molar-refractivity contribution < 1.29 is 4.74 Å². The third-order valence-electron chi connectivity index (χ3n) is 4.00. The van der Waals surface area contributed by atoms with Gasteiger partial charge in [0.25, 0.3) is 0 Å². The zero-order valence-corrected chi connectivity index (χ0v) is 14.1. The third-order valence-corrected chi connectivity index (χ3v) is 4.62. The SMILES string of the molecule is CNC(C)c1ccc(OCCN2CCCCC2)c(Br)c1. The summed E-state index contributed by atoms with van der Waals surface area (Å²) < 4.78 is 6.94. The highest BCUT2D eigenvalue weighted by molar-refractivity contribution is 9.10. The molecular weight excluding hydrogens is 316 g/mol.